The van der Waals surface area contributed by atoms with E-state index in [2.05, 4.69) is 19.9 Å². The van der Waals surface area contributed by atoms with Gasteiger partial charge in [0.25, 0.3) is 11.1 Å². The minimum atomic E-state index is -1.05. The maximum atomic E-state index is 13.7. The first kappa shape index (κ1) is 49.7. The van der Waals surface area contributed by atoms with Crippen LogP contribution in [0.4, 0.5) is 29.2 Å². The van der Waals surface area contributed by atoms with Crippen LogP contribution < -0.4 is 36.1 Å². The van der Waals surface area contributed by atoms with Crippen LogP contribution in [-0.2, 0) is 49.9 Å². The number of rotatable bonds is 12. The van der Waals surface area contributed by atoms with E-state index in [1.165, 1.54) is 9.13 Å². The van der Waals surface area contributed by atoms with Crippen LogP contribution in [0.5, 0.6) is 11.5 Å². The highest BCUT2D eigenvalue weighted by Gasteiger charge is 2.33. The van der Waals surface area contributed by atoms with Gasteiger partial charge < -0.3 is 29.1 Å². The Labute approximate surface area is 401 Å². The van der Waals surface area contributed by atoms with Gasteiger partial charge in [-0.1, -0.05) is 12.8 Å². The zero-order chi connectivity index (χ0) is 50.3. The molecular formula is C49H47F4N9O9. The number of pyridine rings is 2. The van der Waals surface area contributed by atoms with Crippen molar-refractivity contribution in [3.8, 4) is 11.5 Å². The van der Waals surface area contributed by atoms with Gasteiger partial charge in [0.15, 0.2) is 34.8 Å². The number of amides is 2. The van der Waals surface area contributed by atoms with Crippen molar-refractivity contribution in [3.63, 3.8) is 0 Å². The summed E-state index contributed by atoms with van der Waals surface area (Å²) in [7, 11) is 0. The van der Waals surface area contributed by atoms with Crippen molar-refractivity contribution in [2.45, 2.75) is 70.9 Å². The van der Waals surface area contributed by atoms with E-state index in [-0.39, 0.29) is 102 Å². The molecule has 6 aromatic rings. The number of aldehydes is 1. The Morgan fingerprint density at radius 2 is 1.10 bits per heavy atom. The normalized spacial score (nSPS) is 17.3. The standard InChI is InChI=1S/C25H24F2N4O4.C13H15N3O3.C11H8F2N2O2/c26-17-10-19-21(11-18(17)27)30(25(34)12-28-19)7-3-1-2-4-15-8-24(33)31(13-15)23-6-5-22-20(29-23)9-16(32)14-35-22;14-5-8-3-13(18)16(6-8)12-2-1-11-10(15-12)4-9(17)7-19-11;12-7-4-9-10(5-8(7)13)15(2-1-3-16)11(17)6-14-9/h5-6,10-12,15H,1-4,7-9,13-14H2;1-2,8H,3-7,14H2;3-6H,1-2H2/t15-;8-;/m01./s1. The van der Waals surface area contributed by atoms with Crippen LogP contribution in [0.2, 0.25) is 0 Å². The van der Waals surface area contributed by atoms with Crippen LogP contribution in [0.15, 0.2) is 70.5 Å². The summed E-state index contributed by atoms with van der Waals surface area (Å²) in [6.45, 7) is 2.31. The Kier molecular flexibility index (Phi) is 15.3. The third kappa shape index (κ3) is 11.5. The average molecular weight is 982 g/mol. The lowest BCUT2D eigenvalue weighted by Gasteiger charge is -2.20. The average Bonchev–Trinajstić information content (AvgIpc) is 3.93. The van der Waals surface area contributed by atoms with Gasteiger partial charge in [-0.25, -0.2) is 37.5 Å². The number of nitrogens with zero attached hydrogens (tertiary/aromatic N) is 8. The molecule has 2 aromatic carbocycles. The van der Waals surface area contributed by atoms with Crippen molar-refractivity contribution < 1.29 is 51.0 Å². The van der Waals surface area contributed by atoms with E-state index in [1.54, 1.807) is 34.1 Å². The van der Waals surface area contributed by atoms with Gasteiger partial charge in [0.05, 0.1) is 58.7 Å². The number of ether oxygens (including phenoxy) is 2. The minimum absolute atomic E-state index is 0.00438. The summed E-state index contributed by atoms with van der Waals surface area (Å²) in [5.74, 6) is -1.35. The van der Waals surface area contributed by atoms with Crippen molar-refractivity contribution in [2.24, 2.45) is 17.6 Å². The Bertz CT molecular complexity index is 3190. The van der Waals surface area contributed by atoms with Crippen LogP contribution in [0.3, 0.4) is 0 Å². The highest BCUT2D eigenvalue weighted by molar-refractivity contribution is 5.96. The molecule has 2 fully saturated rings. The molecule has 0 radical (unpaired) electrons. The van der Waals surface area contributed by atoms with Gasteiger partial charge in [-0.2, -0.15) is 0 Å². The molecule has 0 aliphatic carbocycles. The maximum Gasteiger partial charge on any atom is 0.269 e. The Morgan fingerprint density at radius 1 is 0.620 bits per heavy atom. The van der Waals surface area contributed by atoms with E-state index in [0.717, 1.165) is 55.9 Å². The molecule has 10 rings (SSSR count). The van der Waals surface area contributed by atoms with Crippen molar-refractivity contribution in [1.29, 1.82) is 0 Å². The lowest BCUT2D eigenvalue weighted by Crippen LogP contribution is -2.28. The first-order chi connectivity index (χ1) is 34.2. The maximum absolute atomic E-state index is 13.7. The van der Waals surface area contributed by atoms with Crippen molar-refractivity contribution in [3.05, 3.63) is 116 Å². The Hall–Kier alpha value is -7.75. The number of hydrogen-bond acceptors (Lipinski definition) is 14. The van der Waals surface area contributed by atoms with E-state index in [9.17, 15) is 51.1 Å². The smallest absolute Gasteiger partial charge is 0.269 e. The van der Waals surface area contributed by atoms with Crippen molar-refractivity contribution >= 4 is 63.4 Å². The van der Waals surface area contributed by atoms with E-state index >= 15 is 0 Å². The molecule has 0 unspecified atom stereocenters. The van der Waals surface area contributed by atoms with E-state index < -0.39 is 28.8 Å². The molecule has 22 heteroatoms. The van der Waals surface area contributed by atoms with Crippen molar-refractivity contribution in [2.75, 3.05) is 42.6 Å². The van der Waals surface area contributed by atoms with Crippen LogP contribution in [-0.4, -0.2) is 91.6 Å². The summed E-state index contributed by atoms with van der Waals surface area (Å²) in [6.07, 6.45) is 7.52. The predicted molar refractivity (Wildman–Crippen MR) is 248 cm³/mol. The fraction of sp³-hybridized carbons (Fsp3) is 0.367. The Morgan fingerprint density at radius 3 is 1.59 bits per heavy atom. The van der Waals surface area contributed by atoms with Crippen LogP contribution in [0, 0.1) is 35.1 Å². The van der Waals surface area contributed by atoms with Crippen LogP contribution in [0.25, 0.3) is 22.1 Å². The molecule has 2 N–H and O–H groups in total. The zero-order valence-corrected chi connectivity index (χ0v) is 38.2. The first-order valence-corrected chi connectivity index (χ1v) is 22.9. The molecule has 2 amide bonds. The molecule has 4 aliphatic heterocycles. The molecule has 0 bridgehead atoms. The molecular weight excluding hydrogens is 935 g/mol. The van der Waals surface area contributed by atoms with Gasteiger partial charge >= 0.3 is 0 Å². The van der Waals surface area contributed by atoms with Gasteiger partial charge in [0, 0.05) is 69.7 Å². The first-order valence-electron chi connectivity index (χ1n) is 22.9. The van der Waals surface area contributed by atoms with E-state index in [1.807, 2.05) is 0 Å². The topological polar surface area (TPSA) is 232 Å². The number of unbranched alkanes of at least 4 members (excludes halogenated alkanes) is 2. The molecule has 18 nitrogen and oxygen atoms in total. The van der Waals surface area contributed by atoms with Gasteiger partial charge in [-0.05, 0) is 55.5 Å². The number of Topliss-reactive ketones (excluding diaryl/α,β-unsaturated/α-hetero) is 2. The van der Waals surface area contributed by atoms with E-state index in [0.29, 0.717) is 86.3 Å². The number of hydrogen-bond donors (Lipinski definition) is 1. The number of aromatic nitrogens is 6. The lowest BCUT2D eigenvalue weighted by atomic mass is 10.0. The Balaban J connectivity index is 0.000000158. The quantitative estimate of drug-likeness (QED) is 0.102. The SMILES string of the molecule is NC[C@H]1CC(=O)N(c2ccc3c(n2)CC(=O)CO3)C1.O=C1COc2ccc(N3C[C@@H](CCCCCn4c(=O)cnc5cc(F)c(F)cc54)CC3=O)nc2C1.O=CCCn1c(=O)cnc2cc(F)c(F)cc21. The highest BCUT2D eigenvalue weighted by Crippen LogP contribution is 2.32. The lowest BCUT2D eigenvalue weighted by molar-refractivity contribution is -0.122. The second-order valence-electron chi connectivity index (χ2n) is 17.4. The summed E-state index contributed by atoms with van der Waals surface area (Å²) in [5, 5.41) is 0. The minimum Gasteiger partial charge on any atom is -0.484 e. The number of fused-ring (bicyclic) bond motifs is 4. The third-order valence-electron chi connectivity index (χ3n) is 12.4. The second-order valence-corrected chi connectivity index (χ2v) is 17.4. The van der Waals surface area contributed by atoms with E-state index in [4.69, 9.17) is 15.2 Å². The molecule has 370 valence electrons. The molecule has 4 aliphatic rings. The number of anilines is 2. The summed E-state index contributed by atoms with van der Waals surface area (Å²) < 4.78 is 66.5. The predicted octanol–water partition coefficient (Wildman–Crippen LogP) is 4.35. The van der Waals surface area contributed by atoms with Gasteiger partial charge in [-0.3, -0.25) is 38.6 Å². The zero-order valence-electron chi connectivity index (χ0n) is 38.2. The highest BCUT2D eigenvalue weighted by atomic mass is 19.2. The van der Waals surface area contributed by atoms with Crippen LogP contribution >= 0.6 is 0 Å². The van der Waals surface area contributed by atoms with Gasteiger partial charge in [-0.15, -0.1) is 0 Å². The molecule has 2 saturated heterocycles. The molecule has 0 saturated carbocycles. The number of nitrogens with two attached hydrogens (primary N) is 1. The summed E-state index contributed by atoms with van der Waals surface area (Å²) in [6, 6.07) is 10.9. The van der Waals surface area contributed by atoms with Crippen LogP contribution in [0.1, 0.15) is 56.3 Å². The summed E-state index contributed by atoms with van der Waals surface area (Å²) in [4.78, 5) is 101. The molecule has 8 heterocycles. The molecule has 4 aromatic heterocycles. The summed E-state index contributed by atoms with van der Waals surface area (Å²) in [5.41, 5.74) is 6.83. The van der Waals surface area contributed by atoms with Gasteiger partial charge in [0.2, 0.25) is 11.8 Å². The largest absolute Gasteiger partial charge is 0.484 e. The molecule has 71 heavy (non-hydrogen) atoms. The monoisotopic (exact) mass is 981 g/mol. The van der Waals surface area contributed by atoms with Gasteiger partial charge in [0.1, 0.15) is 42.6 Å². The van der Waals surface area contributed by atoms with Crippen molar-refractivity contribution in [1.82, 2.24) is 29.1 Å². The number of carbonyl (C=O) groups is 5. The number of carbonyl (C=O) groups excluding carboxylic acids is 5. The number of ketones is 2. The molecule has 2 atom stereocenters. The fourth-order valence-electron chi connectivity index (χ4n) is 8.76. The molecule has 0 spiro atoms. The fourth-order valence-corrected chi connectivity index (χ4v) is 8.76. The number of benzene rings is 2. The second kappa shape index (κ2) is 21.9. The third-order valence-corrected chi connectivity index (χ3v) is 12.4. The summed E-state index contributed by atoms with van der Waals surface area (Å²) >= 11 is 0. The number of aryl methyl sites for hydroxylation is 2. The number of halogens is 4.